The summed E-state index contributed by atoms with van der Waals surface area (Å²) in [6.07, 6.45) is 3.57. The molecule has 0 spiro atoms. The summed E-state index contributed by atoms with van der Waals surface area (Å²) in [7, 11) is 0. The van der Waals surface area contributed by atoms with Gasteiger partial charge in [-0.25, -0.2) is 0 Å². The lowest BCUT2D eigenvalue weighted by molar-refractivity contribution is 0.306. The molecule has 3 nitrogen and oxygen atoms in total. The zero-order valence-electron chi connectivity index (χ0n) is 9.89. The number of benzene rings is 1. The van der Waals surface area contributed by atoms with Gasteiger partial charge < -0.3 is 10.1 Å². The van der Waals surface area contributed by atoms with Crippen molar-refractivity contribution in [2.75, 3.05) is 11.9 Å². The normalized spacial score (nSPS) is 9.94. The summed E-state index contributed by atoms with van der Waals surface area (Å²) in [6, 6.07) is 11.9. The van der Waals surface area contributed by atoms with Crippen LogP contribution in [0.2, 0.25) is 0 Å². The number of pyridine rings is 1. The van der Waals surface area contributed by atoms with E-state index in [0.717, 1.165) is 23.5 Å². The third-order valence-electron chi connectivity index (χ3n) is 2.36. The molecule has 0 fully saturated rings. The second-order valence-corrected chi connectivity index (χ2v) is 3.70. The largest absolute Gasteiger partial charge is 0.489 e. The molecule has 1 aromatic carbocycles. The molecule has 2 rings (SSSR count). The maximum absolute atomic E-state index is 5.66. The molecule has 3 heteroatoms. The van der Waals surface area contributed by atoms with E-state index < -0.39 is 0 Å². The van der Waals surface area contributed by atoms with E-state index in [-0.39, 0.29) is 0 Å². The third kappa shape index (κ3) is 3.48. The summed E-state index contributed by atoms with van der Waals surface area (Å²) < 4.78 is 5.66. The van der Waals surface area contributed by atoms with Crippen LogP contribution in [0.1, 0.15) is 12.5 Å². The van der Waals surface area contributed by atoms with Crippen molar-refractivity contribution in [3.63, 3.8) is 0 Å². The minimum atomic E-state index is 0.550. The quantitative estimate of drug-likeness (QED) is 0.853. The van der Waals surface area contributed by atoms with Crippen molar-refractivity contribution >= 4 is 5.69 Å². The smallest absolute Gasteiger partial charge is 0.119 e. The molecular weight excluding hydrogens is 212 g/mol. The molecule has 0 aliphatic carbocycles. The van der Waals surface area contributed by atoms with Crippen LogP contribution in [-0.4, -0.2) is 11.5 Å². The van der Waals surface area contributed by atoms with Gasteiger partial charge in [0.1, 0.15) is 12.4 Å². The Morgan fingerprint density at radius 2 is 2.00 bits per heavy atom. The number of ether oxygens (including phenoxy) is 1. The number of aromatic nitrogens is 1. The first kappa shape index (κ1) is 11.5. The number of anilines is 1. The highest BCUT2D eigenvalue weighted by Crippen LogP contribution is 2.16. The molecule has 17 heavy (non-hydrogen) atoms. The first-order chi connectivity index (χ1) is 8.38. The molecule has 2 aromatic rings. The Labute approximate surface area is 101 Å². The van der Waals surface area contributed by atoms with E-state index in [2.05, 4.69) is 17.2 Å². The molecule has 1 N–H and O–H groups in total. The highest BCUT2D eigenvalue weighted by Gasteiger charge is 1.96. The Hall–Kier alpha value is -2.03. The standard InChI is InChI=1S/C14H16N2O/c1-2-16-13-5-7-14(8-6-13)17-11-12-4-3-9-15-10-12/h3-10,16H,2,11H2,1H3. The second kappa shape index (κ2) is 5.89. The average molecular weight is 228 g/mol. The van der Waals surface area contributed by atoms with Gasteiger partial charge in [-0.15, -0.1) is 0 Å². The molecule has 0 atom stereocenters. The van der Waals surface area contributed by atoms with E-state index in [1.807, 2.05) is 42.6 Å². The van der Waals surface area contributed by atoms with Crippen LogP contribution >= 0.6 is 0 Å². The van der Waals surface area contributed by atoms with Gasteiger partial charge in [0.2, 0.25) is 0 Å². The summed E-state index contributed by atoms with van der Waals surface area (Å²) in [4.78, 5) is 4.05. The second-order valence-electron chi connectivity index (χ2n) is 3.70. The van der Waals surface area contributed by atoms with E-state index in [4.69, 9.17) is 4.74 Å². The van der Waals surface area contributed by atoms with Crippen molar-refractivity contribution in [1.82, 2.24) is 4.98 Å². The van der Waals surface area contributed by atoms with Crippen molar-refractivity contribution in [1.29, 1.82) is 0 Å². The summed E-state index contributed by atoms with van der Waals surface area (Å²) >= 11 is 0. The SMILES string of the molecule is CCNc1ccc(OCc2cccnc2)cc1. The van der Waals surface area contributed by atoms with Crippen LogP contribution in [0.4, 0.5) is 5.69 Å². The third-order valence-corrected chi connectivity index (χ3v) is 2.36. The first-order valence-corrected chi connectivity index (χ1v) is 5.74. The maximum atomic E-state index is 5.66. The summed E-state index contributed by atoms with van der Waals surface area (Å²) in [6.45, 7) is 3.55. The lowest BCUT2D eigenvalue weighted by Gasteiger charge is -2.07. The van der Waals surface area contributed by atoms with Gasteiger partial charge >= 0.3 is 0 Å². The minimum absolute atomic E-state index is 0.550. The zero-order chi connectivity index (χ0) is 11.9. The molecule has 0 radical (unpaired) electrons. The highest BCUT2D eigenvalue weighted by molar-refractivity contribution is 5.46. The molecule has 0 unspecified atom stereocenters. The van der Waals surface area contributed by atoms with Crippen molar-refractivity contribution in [3.8, 4) is 5.75 Å². The number of nitrogens with zero attached hydrogens (tertiary/aromatic N) is 1. The van der Waals surface area contributed by atoms with Crippen molar-refractivity contribution < 1.29 is 4.74 Å². The Morgan fingerprint density at radius 1 is 1.18 bits per heavy atom. The lowest BCUT2D eigenvalue weighted by atomic mass is 10.3. The van der Waals surface area contributed by atoms with Gasteiger partial charge in [0, 0.05) is 30.2 Å². The van der Waals surface area contributed by atoms with Gasteiger partial charge in [0.15, 0.2) is 0 Å². The molecular formula is C14H16N2O. The average Bonchev–Trinajstić information content (AvgIpc) is 2.40. The Morgan fingerprint density at radius 3 is 2.65 bits per heavy atom. The topological polar surface area (TPSA) is 34.1 Å². The van der Waals surface area contributed by atoms with Crippen LogP contribution < -0.4 is 10.1 Å². The molecule has 0 bridgehead atoms. The van der Waals surface area contributed by atoms with Crippen LogP contribution in [-0.2, 0) is 6.61 Å². The number of rotatable bonds is 5. The van der Waals surface area contributed by atoms with Gasteiger partial charge in [-0.1, -0.05) is 6.07 Å². The van der Waals surface area contributed by atoms with Gasteiger partial charge in [0.05, 0.1) is 0 Å². The number of hydrogen-bond acceptors (Lipinski definition) is 3. The van der Waals surface area contributed by atoms with Crippen molar-refractivity contribution in [2.45, 2.75) is 13.5 Å². The van der Waals surface area contributed by atoms with E-state index >= 15 is 0 Å². The van der Waals surface area contributed by atoms with E-state index in [0.29, 0.717) is 6.61 Å². The molecule has 0 saturated carbocycles. The molecule has 88 valence electrons. The fourth-order valence-corrected chi connectivity index (χ4v) is 1.52. The Balaban J connectivity index is 1.91. The summed E-state index contributed by atoms with van der Waals surface area (Å²) in [5.74, 6) is 0.871. The number of nitrogens with one attached hydrogen (secondary N) is 1. The Bertz CT molecular complexity index is 440. The summed E-state index contributed by atoms with van der Waals surface area (Å²) in [5.41, 5.74) is 2.18. The van der Waals surface area contributed by atoms with E-state index in [1.165, 1.54) is 0 Å². The van der Waals surface area contributed by atoms with Crippen LogP contribution in [0.15, 0.2) is 48.8 Å². The molecule has 0 amide bonds. The van der Waals surface area contributed by atoms with Crippen LogP contribution in [0, 0.1) is 0 Å². The highest BCUT2D eigenvalue weighted by atomic mass is 16.5. The van der Waals surface area contributed by atoms with Gasteiger partial charge in [0.25, 0.3) is 0 Å². The van der Waals surface area contributed by atoms with Gasteiger partial charge in [-0.2, -0.15) is 0 Å². The predicted molar refractivity (Wildman–Crippen MR) is 69.2 cm³/mol. The molecule has 1 aromatic heterocycles. The maximum Gasteiger partial charge on any atom is 0.119 e. The monoisotopic (exact) mass is 228 g/mol. The fourth-order valence-electron chi connectivity index (χ4n) is 1.52. The molecule has 0 aliphatic rings. The predicted octanol–water partition coefficient (Wildman–Crippen LogP) is 3.09. The molecule has 0 saturated heterocycles. The fraction of sp³-hybridized carbons (Fsp3) is 0.214. The minimum Gasteiger partial charge on any atom is -0.489 e. The van der Waals surface area contributed by atoms with Crippen molar-refractivity contribution in [2.24, 2.45) is 0 Å². The van der Waals surface area contributed by atoms with Gasteiger partial charge in [-0.3, -0.25) is 4.98 Å². The first-order valence-electron chi connectivity index (χ1n) is 5.74. The summed E-state index contributed by atoms with van der Waals surface area (Å²) in [5, 5.41) is 3.24. The van der Waals surface area contributed by atoms with Gasteiger partial charge in [-0.05, 0) is 37.3 Å². The number of hydrogen-bond donors (Lipinski definition) is 1. The van der Waals surface area contributed by atoms with E-state index in [9.17, 15) is 0 Å². The lowest BCUT2D eigenvalue weighted by Crippen LogP contribution is -1.97. The molecule has 0 aliphatic heterocycles. The van der Waals surface area contributed by atoms with Crippen molar-refractivity contribution in [3.05, 3.63) is 54.4 Å². The molecule has 1 heterocycles. The van der Waals surface area contributed by atoms with E-state index in [1.54, 1.807) is 6.20 Å². The zero-order valence-corrected chi connectivity index (χ0v) is 9.89. The van der Waals surface area contributed by atoms with Crippen LogP contribution in [0.3, 0.4) is 0 Å². The Kier molecular flexibility index (Phi) is 3.97. The van der Waals surface area contributed by atoms with Crippen LogP contribution in [0.25, 0.3) is 0 Å². The van der Waals surface area contributed by atoms with Crippen LogP contribution in [0.5, 0.6) is 5.75 Å².